The monoisotopic (exact) mass is 298 g/mol. The predicted octanol–water partition coefficient (Wildman–Crippen LogP) is 5.45. The molecule has 0 bridgehead atoms. The first-order chi connectivity index (χ1) is 9.96. The van der Waals surface area contributed by atoms with Gasteiger partial charge in [0.1, 0.15) is 0 Å². The molecule has 2 aromatic carbocycles. The molecule has 2 aromatic rings. The Morgan fingerprint density at radius 2 is 1.48 bits per heavy atom. The Kier molecular flexibility index (Phi) is 4.91. The molecule has 0 spiro atoms. The summed E-state index contributed by atoms with van der Waals surface area (Å²) in [6, 6.07) is 16.4. The zero-order chi connectivity index (χ0) is 15.3. The molecule has 0 N–H and O–H groups in total. The maximum absolute atomic E-state index is 12.2. The van der Waals surface area contributed by atoms with Crippen molar-refractivity contribution in [2.45, 2.75) is 25.5 Å². The van der Waals surface area contributed by atoms with E-state index in [4.69, 9.17) is 0 Å². The van der Waals surface area contributed by atoms with Gasteiger partial charge in [-0.25, -0.2) is 0 Å². The lowest BCUT2D eigenvalue weighted by molar-refractivity contribution is 0.103. The molecule has 3 nitrogen and oxygen atoms in total. The predicted molar refractivity (Wildman–Crippen MR) is 88.2 cm³/mol. The lowest BCUT2D eigenvalue weighted by Crippen LogP contribution is -2.04. The molecule has 0 unspecified atom stereocenters. The smallest absolute Gasteiger partial charge is 0.193 e. The van der Waals surface area contributed by atoms with Crippen molar-refractivity contribution in [3.05, 3.63) is 65.7 Å². The van der Waals surface area contributed by atoms with Crippen LogP contribution in [0.1, 0.15) is 36.7 Å². The van der Waals surface area contributed by atoms with Crippen LogP contribution in [0.3, 0.4) is 0 Å². The summed E-state index contributed by atoms with van der Waals surface area (Å²) in [7, 11) is 0. The average molecular weight is 298 g/mol. The standard InChI is InChI=1S/C17H18N2OS/c1-17(2,3)21-19-18-15-11-9-14(10-12-15)16(20)13-7-5-4-6-8-13/h4-12H,1-3H3. The van der Waals surface area contributed by atoms with Crippen LogP contribution >= 0.6 is 11.9 Å². The molecule has 0 aliphatic carbocycles. The highest BCUT2D eigenvalue weighted by molar-refractivity contribution is 7.99. The number of ketones is 1. The van der Waals surface area contributed by atoms with E-state index in [1.54, 1.807) is 12.1 Å². The summed E-state index contributed by atoms with van der Waals surface area (Å²) in [6.07, 6.45) is 0. The summed E-state index contributed by atoms with van der Waals surface area (Å²) >= 11 is 1.43. The number of hydrogen-bond acceptors (Lipinski definition) is 4. The molecule has 0 radical (unpaired) electrons. The molecule has 0 fully saturated rings. The van der Waals surface area contributed by atoms with E-state index in [9.17, 15) is 4.79 Å². The second kappa shape index (κ2) is 6.68. The van der Waals surface area contributed by atoms with E-state index in [0.29, 0.717) is 11.1 Å². The molecule has 4 heteroatoms. The van der Waals surface area contributed by atoms with Crippen molar-refractivity contribution in [3.63, 3.8) is 0 Å². The highest BCUT2D eigenvalue weighted by atomic mass is 32.2. The van der Waals surface area contributed by atoms with Crippen molar-refractivity contribution in [1.29, 1.82) is 0 Å². The summed E-state index contributed by atoms with van der Waals surface area (Å²) in [5, 5.41) is 4.14. The Morgan fingerprint density at radius 3 is 2.05 bits per heavy atom. The largest absolute Gasteiger partial charge is 0.289 e. The third kappa shape index (κ3) is 4.83. The van der Waals surface area contributed by atoms with Crippen molar-refractivity contribution >= 4 is 23.4 Å². The van der Waals surface area contributed by atoms with Crippen LogP contribution in [0.2, 0.25) is 0 Å². The molecule has 0 saturated heterocycles. The number of carbonyl (C=O) groups excluding carboxylic acids is 1. The van der Waals surface area contributed by atoms with Crippen LogP contribution < -0.4 is 0 Å². The molecule has 2 rings (SSSR count). The van der Waals surface area contributed by atoms with Gasteiger partial charge in [0.2, 0.25) is 0 Å². The van der Waals surface area contributed by atoms with Gasteiger partial charge < -0.3 is 0 Å². The van der Waals surface area contributed by atoms with Crippen molar-refractivity contribution < 1.29 is 4.79 Å². The van der Waals surface area contributed by atoms with Crippen LogP contribution in [-0.4, -0.2) is 10.5 Å². The van der Waals surface area contributed by atoms with Crippen LogP contribution in [0.4, 0.5) is 5.69 Å². The second-order valence-electron chi connectivity index (χ2n) is 5.63. The molecule has 0 aliphatic heterocycles. The average Bonchev–Trinajstić information content (AvgIpc) is 2.47. The minimum absolute atomic E-state index is 0.0168. The molecule has 21 heavy (non-hydrogen) atoms. The van der Waals surface area contributed by atoms with Crippen molar-refractivity contribution in [2.24, 2.45) is 9.63 Å². The van der Waals surface area contributed by atoms with Crippen LogP contribution in [0.15, 0.2) is 64.2 Å². The highest BCUT2D eigenvalue weighted by Crippen LogP contribution is 2.26. The number of rotatable bonds is 4. The third-order valence-corrected chi connectivity index (χ3v) is 3.35. The first kappa shape index (κ1) is 15.4. The number of nitrogens with zero attached hydrogens (tertiary/aromatic N) is 2. The Labute approximate surface area is 129 Å². The van der Waals surface area contributed by atoms with Gasteiger partial charge in [-0.15, -0.1) is 9.63 Å². The highest BCUT2D eigenvalue weighted by Gasteiger charge is 2.10. The fraction of sp³-hybridized carbons (Fsp3) is 0.235. The zero-order valence-corrected chi connectivity index (χ0v) is 13.2. The maximum atomic E-state index is 12.2. The van der Waals surface area contributed by atoms with E-state index in [2.05, 4.69) is 30.4 Å². The molecular formula is C17H18N2OS. The summed E-state index contributed by atoms with van der Waals surface area (Å²) in [5.41, 5.74) is 2.09. The summed E-state index contributed by atoms with van der Waals surface area (Å²) in [5.74, 6) is 0.0168. The second-order valence-corrected chi connectivity index (χ2v) is 7.20. The van der Waals surface area contributed by atoms with Crippen molar-refractivity contribution in [3.8, 4) is 0 Å². The molecule has 0 saturated carbocycles. The Balaban J connectivity index is 2.07. The Bertz CT molecular complexity index is 628. The van der Waals surface area contributed by atoms with E-state index < -0.39 is 0 Å². The quantitative estimate of drug-likeness (QED) is 0.428. The van der Waals surface area contributed by atoms with Crippen LogP contribution in [0.5, 0.6) is 0 Å². The van der Waals surface area contributed by atoms with Gasteiger partial charge in [-0.3, -0.25) is 4.79 Å². The lowest BCUT2D eigenvalue weighted by atomic mass is 10.0. The van der Waals surface area contributed by atoms with Gasteiger partial charge in [0.15, 0.2) is 5.78 Å². The van der Waals surface area contributed by atoms with Gasteiger partial charge in [0.25, 0.3) is 0 Å². The van der Waals surface area contributed by atoms with E-state index in [0.717, 1.165) is 5.69 Å². The topological polar surface area (TPSA) is 41.8 Å². The van der Waals surface area contributed by atoms with Gasteiger partial charge in [0, 0.05) is 27.8 Å². The van der Waals surface area contributed by atoms with Gasteiger partial charge in [0.05, 0.1) is 5.69 Å². The summed E-state index contributed by atoms with van der Waals surface area (Å²) in [4.78, 5) is 12.2. The van der Waals surface area contributed by atoms with E-state index in [-0.39, 0.29) is 10.5 Å². The van der Waals surface area contributed by atoms with Gasteiger partial charge in [-0.05, 0) is 45.0 Å². The van der Waals surface area contributed by atoms with Crippen LogP contribution in [0.25, 0.3) is 0 Å². The molecule has 0 aromatic heterocycles. The zero-order valence-electron chi connectivity index (χ0n) is 12.4. The molecule has 0 atom stereocenters. The fourth-order valence-corrected chi connectivity index (χ4v) is 2.01. The Morgan fingerprint density at radius 1 is 0.905 bits per heavy atom. The van der Waals surface area contributed by atoms with E-state index >= 15 is 0 Å². The summed E-state index contributed by atoms with van der Waals surface area (Å²) < 4.78 is 4.15. The van der Waals surface area contributed by atoms with Crippen molar-refractivity contribution in [2.75, 3.05) is 0 Å². The summed E-state index contributed by atoms with van der Waals surface area (Å²) in [6.45, 7) is 6.24. The molecular weight excluding hydrogens is 280 g/mol. The van der Waals surface area contributed by atoms with E-state index in [1.165, 1.54) is 11.9 Å². The number of carbonyl (C=O) groups is 1. The third-order valence-electron chi connectivity index (χ3n) is 2.64. The maximum Gasteiger partial charge on any atom is 0.193 e. The molecule has 0 aliphatic rings. The Hall–Kier alpha value is -1.94. The SMILES string of the molecule is CC(C)(C)SN=Nc1ccc(C(=O)c2ccccc2)cc1. The van der Waals surface area contributed by atoms with Crippen LogP contribution in [-0.2, 0) is 0 Å². The number of hydrogen-bond donors (Lipinski definition) is 0. The normalized spacial score (nSPS) is 11.8. The fourth-order valence-electron chi connectivity index (χ4n) is 1.63. The first-order valence-electron chi connectivity index (χ1n) is 6.75. The minimum Gasteiger partial charge on any atom is -0.289 e. The minimum atomic E-state index is 0.0168. The number of benzene rings is 2. The van der Waals surface area contributed by atoms with Gasteiger partial charge >= 0.3 is 0 Å². The molecule has 108 valence electrons. The molecule has 0 amide bonds. The first-order valence-corrected chi connectivity index (χ1v) is 7.52. The lowest BCUT2D eigenvalue weighted by Gasteiger charge is -2.11. The van der Waals surface area contributed by atoms with Crippen molar-refractivity contribution in [1.82, 2.24) is 0 Å². The van der Waals surface area contributed by atoms with Gasteiger partial charge in [-0.1, -0.05) is 30.3 Å². The van der Waals surface area contributed by atoms with Gasteiger partial charge in [-0.2, -0.15) is 0 Å². The molecule has 0 heterocycles. The van der Waals surface area contributed by atoms with Crippen LogP contribution in [0, 0.1) is 0 Å². The van der Waals surface area contributed by atoms with E-state index in [1.807, 2.05) is 42.5 Å².